The van der Waals surface area contributed by atoms with E-state index < -0.39 is 10.0 Å². The van der Waals surface area contributed by atoms with Crippen molar-refractivity contribution in [1.29, 1.82) is 0 Å². The molecule has 1 aliphatic rings. The van der Waals surface area contributed by atoms with Gasteiger partial charge >= 0.3 is 0 Å². The van der Waals surface area contributed by atoms with Crippen LogP contribution in [-0.2, 0) is 22.0 Å². The van der Waals surface area contributed by atoms with Crippen LogP contribution in [-0.4, -0.2) is 30.9 Å². The SMILES string of the molecule is CC(C)(C)c1cc(CN)c(O)c(S(=O)(=O)N2CCCC2)c1. The fraction of sp³-hybridized carbons (Fsp3) is 0.600. The number of phenolic OH excluding ortho intramolecular Hbond substituents is 1. The lowest BCUT2D eigenvalue weighted by Gasteiger charge is -2.24. The number of aromatic hydroxyl groups is 1. The fourth-order valence-electron chi connectivity index (χ4n) is 2.52. The summed E-state index contributed by atoms with van der Waals surface area (Å²) in [5, 5.41) is 10.3. The van der Waals surface area contributed by atoms with Crippen LogP contribution >= 0.6 is 0 Å². The van der Waals surface area contributed by atoms with E-state index in [4.69, 9.17) is 5.73 Å². The highest BCUT2D eigenvalue weighted by atomic mass is 32.2. The van der Waals surface area contributed by atoms with Crippen LogP contribution in [0.4, 0.5) is 0 Å². The maximum absolute atomic E-state index is 12.7. The van der Waals surface area contributed by atoms with Gasteiger partial charge in [-0.1, -0.05) is 26.8 Å². The molecular weight excluding hydrogens is 288 g/mol. The van der Waals surface area contributed by atoms with Gasteiger partial charge < -0.3 is 10.8 Å². The predicted molar refractivity (Wildman–Crippen MR) is 82.7 cm³/mol. The molecule has 0 spiro atoms. The molecule has 0 radical (unpaired) electrons. The Bertz CT molecular complexity index is 627. The Labute approximate surface area is 126 Å². The topological polar surface area (TPSA) is 83.6 Å². The van der Waals surface area contributed by atoms with E-state index in [0.29, 0.717) is 18.7 Å². The Morgan fingerprint density at radius 1 is 1.24 bits per heavy atom. The fourth-order valence-corrected chi connectivity index (χ4v) is 4.19. The zero-order valence-corrected chi connectivity index (χ0v) is 13.7. The van der Waals surface area contributed by atoms with Crippen molar-refractivity contribution in [1.82, 2.24) is 4.31 Å². The largest absolute Gasteiger partial charge is 0.506 e. The number of nitrogens with zero attached hydrogens (tertiary/aromatic N) is 1. The summed E-state index contributed by atoms with van der Waals surface area (Å²) in [6.07, 6.45) is 1.73. The minimum atomic E-state index is -3.66. The van der Waals surface area contributed by atoms with Crippen molar-refractivity contribution in [2.24, 2.45) is 5.73 Å². The van der Waals surface area contributed by atoms with E-state index in [0.717, 1.165) is 18.4 Å². The molecule has 5 nitrogen and oxygen atoms in total. The standard InChI is InChI=1S/C15H24N2O3S/c1-15(2,3)12-8-11(10-16)14(18)13(9-12)21(19,20)17-6-4-5-7-17/h8-9,18H,4-7,10,16H2,1-3H3. The van der Waals surface area contributed by atoms with Gasteiger partial charge in [-0.2, -0.15) is 4.31 Å². The van der Waals surface area contributed by atoms with Crippen LogP contribution in [0.3, 0.4) is 0 Å². The highest BCUT2D eigenvalue weighted by Crippen LogP contribution is 2.35. The molecule has 0 saturated carbocycles. The second-order valence-corrected chi connectivity index (χ2v) is 8.45. The summed E-state index contributed by atoms with van der Waals surface area (Å²) in [4.78, 5) is -0.0164. The Morgan fingerprint density at radius 3 is 2.29 bits per heavy atom. The monoisotopic (exact) mass is 312 g/mol. The first-order chi connectivity index (χ1) is 9.67. The van der Waals surface area contributed by atoms with Crippen molar-refractivity contribution in [2.75, 3.05) is 13.1 Å². The van der Waals surface area contributed by atoms with Crippen LogP contribution in [0, 0.1) is 0 Å². The molecule has 0 aromatic heterocycles. The van der Waals surface area contributed by atoms with Crippen LogP contribution < -0.4 is 5.73 Å². The predicted octanol–water partition coefficient (Wildman–Crippen LogP) is 1.93. The van der Waals surface area contributed by atoms with E-state index in [-0.39, 0.29) is 22.6 Å². The van der Waals surface area contributed by atoms with E-state index in [1.807, 2.05) is 20.8 Å². The van der Waals surface area contributed by atoms with Gasteiger partial charge in [0.1, 0.15) is 10.6 Å². The first-order valence-electron chi connectivity index (χ1n) is 7.24. The average Bonchev–Trinajstić information content (AvgIpc) is 2.91. The Kier molecular flexibility index (Phi) is 4.33. The molecule has 0 aliphatic carbocycles. The summed E-state index contributed by atoms with van der Waals surface area (Å²) in [7, 11) is -3.66. The molecule has 0 bridgehead atoms. The summed E-state index contributed by atoms with van der Waals surface area (Å²) in [6, 6.07) is 3.38. The summed E-state index contributed by atoms with van der Waals surface area (Å²) in [6.45, 7) is 7.15. The highest BCUT2D eigenvalue weighted by Gasteiger charge is 2.31. The Hall–Kier alpha value is -1.11. The lowest BCUT2D eigenvalue weighted by molar-refractivity contribution is 0.437. The van der Waals surface area contributed by atoms with E-state index in [1.54, 1.807) is 12.1 Å². The number of rotatable bonds is 3. The molecule has 2 rings (SSSR count). The van der Waals surface area contributed by atoms with Gasteiger partial charge in [0.25, 0.3) is 0 Å². The molecule has 3 N–H and O–H groups in total. The minimum absolute atomic E-state index is 0.0164. The van der Waals surface area contributed by atoms with Gasteiger partial charge in [-0.25, -0.2) is 8.42 Å². The molecule has 1 fully saturated rings. The van der Waals surface area contributed by atoms with Crippen LogP contribution in [0.15, 0.2) is 17.0 Å². The van der Waals surface area contributed by atoms with Gasteiger partial charge in [0.05, 0.1) is 0 Å². The van der Waals surface area contributed by atoms with Crippen LogP contribution in [0.2, 0.25) is 0 Å². The quantitative estimate of drug-likeness (QED) is 0.893. The molecule has 1 aliphatic heterocycles. The van der Waals surface area contributed by atoms with Gasteiger partial charge in [-0.3, -0.25) is 0 Å². The molecule has 1 aromatic rings. The number of sulfonamides is 1. The molecule has 118 valence electrons. The van der Waals surface area contributed by atoms with Crippen molar-refractivity contribution in [3.63, 3.8) is 0 Å². The highest BCUT2D eigenvalue weighted by molar-refractivity contribution is 7.89. The van der Waals surface area contributed by atoms with Crippen LogP contribution in [0.5, 0.6) is 5.75 Å². The number of benzene rings is 1. The van der Waals surface area contributed by atoms with Gasteiger partial charge in [0, 0.05) is 25.2 Å². The van der Waals surface area contributed by atoms with E-state index >= 15 is 0 Å². The molecule has 0 unspecified atom stereocenters. The number of hydrogen-bond donors (Lipinski definition) is 2. The van der Waals surface area contributed by atoms with Gasteiger partial charge in [-0.05, 0) is 29.9 Å². The second kappa shape index (κ2) is 5.59. The Morgan fingerprint density at radius 2 is 1.81 bits per heavy atom. The van der Waals surface area contributed by atoms with Crippen molar-refractivity contribution < 1.29 is 13.5 Å². The molecule has 1 heterocycles. The molecule has 0 amide bonds. The molecular formula is C15H24N2O3S. The van der Waals surface area contributed by atoms with Crippen molar-refractivity contribution in [2.45, 2.75) is 50.5 Å². The van der Waals surface area contributed by atoms with Crippen LogP contribution in [0.25, 0.3) is 0 Å². The first kappa shape index (κ1) is 16.3. The van der Waals surface area contributed by atoms with Gasteiger partial charge in [0.2, 0.25) is 10.0 Å². The van der Waals surface area contributed by atoms with Crippen molar-refractivity contribution >= 4 is 10.0 Å². The smallest absolute Gasteiger partial charge is 0.246 e. The summed E-state index contributed by atoms with van der Waals surface area (Å²) < 4.78 is 26.9. The number of nitrogens with two attached hydrogens (primary N) is 1. The minimum Gasteiger partial charge on any atom is -0.506 e. The third-order valence-electron chi connectivity index (χ3n) is 3.92. The lowest BCUT2D eigenvalue weighted by Crippen LogP contribution is -2.28. The molecule has 1 saturated heterocycles. The molecule has 1 aromatic carbocycles. The van der Waals surface area contributed by atoms with Crippen LogP contribution in [0.1, 0.15) is 44.7 Å². The third kappa shape index (κ3) is 3.07. The Balaban J connectivity index is 2.62. The molecule has 21 heavy (non-hydrogen) atoms. The zero-order valence-electron chi connectivity index (χ0n) is 12.9. The van der Waals surface area contributed by atoms with Gasteiger partial charge in [0.15, 0.2) is 0 Å². The number of hydrogen-bond acceptors (Lipinski definition) is 4. The molecule has 0 atom stereocenters. The summed E-state index contributed by atoms with van der Waals surface area (Å²) in [5.41, 5.74) is 6.78. The maximum Gasteiger partial charge on any atom is 0.246 e. The zero-order chi connectivity index (χ0) is 15.8. The number of phenols is 1. The van der Waals surface area contributed by atoms with E-state index in [1.165, 1.54) is 4.31 Å². The third-order valence-corrected chi connectivity index (χ3v) is 5.83. The summed E-state index contributed by atoms with van der Waals surface area (Å²) >= 11 is 0. The van der Waals surface area contributed by atoms with Crippen molar-refractivity contribution in [3.05, 3.63) is 23.3 Å². The van der Waals surface area contributed by atoms with Gasteiger partial charge in [-0.15, -0.1) is 0 Å². The average molecular weight is 312 g/mol. The summed E-state index contributed by atoms with van der Waals surface area (Å²) in [5.74, 6) is -0.211. The van der Waals surface area contributed by atoms with Crippen molar-refractivity contribution in [3.8, 4) is 5.75 Å². The van der Waals surface area contributed by atoms with E-state index in [2.05, 4.69) is 0 Å². The second-order valence-electron chi connectivity index (χ2n) is 6.55. The van der Waals surface area contributed by atoms with E-state index in [9.17, 15) is 13.5 Å². The molecule has 6 heteroatoms. The normalized spacial score (nSPS) is 17.3. The maximum atomic E-state index is 12.7. The first-order valence-corrected chi connectivity index (χ1v) is 8.68. The lowest BCUT2D eigenvalue weighted by atomic mass is 9.86.